The summed E-state index contributed by atoms with van der Waals surface area (Å²) in [5.41, 5.74) is 4.43. The highest BCUT2D eigenvalue weighted by Crippen LogP contribution is 2.23. The monoisotopic (exact) mass is 335 g/mol. The molecule has 0 amide bonds. The topological polar surface area (TPSA) is 46.2 Å². The maximum atomic E-state index is 13.6. The lowest BCUT2D eigenvalue weighted by Crippen LogP contribution is -2.29. The third kappa shape index (κ3) is 4.39. The molecule has 5 heteroatoms. The molecule has 23 heavy (non-hydrogen) atoms. The van der Waals surface area contributed by atoms with Crippen molar-refractivity contribution in [3.8, 4) is 0 Å². The Hall–Kier alpha value is -1.72. The third-order valence-electron chi connectivity index (χ3n) is 4.01. The second-order valence-electron chi connectivity index (χ2n) is 5.98. The van der Waals surface area contributed by atoms with Crippen LogP contribution in [-0.4, -0.2) is 8.42 Å². The van der Waals surface area contributed by atoms with Gasteiger partial charge in [0.05, 0.1) is 5.75 Å². The summed E-state index contributed by atoms with van der Waals surface area (Å²) in [6.45, 7) is 7.79. The Balaban J connectivity index is 2.20. The Morgan fingerprint density at radius 2 is 1.65 bits per heavy atom. The Morgan fingerprint density at radius 3 is 2.30 bits per heavy atom. The average molecular weight is 335 g/mol. The van der Waals surface area contributed by atoms with E-state index in [0.717, 1.165) is 16.7 Å². The van der Waals surface area contributed by atoms with E-state index in [1.54, 1.807) is 19.1 Å². The molecule has 0 aliphatic rings. The molecule has 2 rings (SSSR count). The first-order chi connectivity index (χ1) is 10.7. The molecule has 0 aliphatic heterocycles. The molecule has 0 radical (unpaired) electrons. The lowest BCUT2D eigenvalue weighted by Gasteiger charge is -2.18. The summed E-state index contributed by atoms with van der Waals surface area (Å²) in [6, 6.07) is 9.60. The molecule has 0 unspecified atom stereocenters. The second kappa shape index (κ2) is 6.81. The smallest absolute Gasteiger partial charge is 0.212 e. The summed E-state index contributed by atoms with van der Waals surface area (Å²) < 4.78 is 40.9. The Kier molecular flexibility index (Phi) is 5.22. The molecule has 2 aromatic carbocycles. The fraction of sp³-hybridized carbons (Fsp3) is 0.333. The van der Waals surface area contributed by atoms with Crippen LogP contribution < -0.4 is 4.72 Å². The van der Waals surface area contributed by atoms with Crippen molar-refractivity contribution in [1.82, 2.24) is 4.72 Å². The van der Waals surface area contributed by atoms with Crippen molar-refractivity contribution in [2.75, 3.05) is 0 Å². The van der Waals surface area contributed by atoms with Gasteiger partial charge in [0.2, 0.25) is 10.0 Å². The van der Waals surface area contributed by atoms with Gasteiger partial charge in [0, 0.05) is 11.6 Å². The quantitative estimate of drug-likeness (QED) is 0.900. The number of nitrogens with one attached hydrogen (secondary N) is 1. The van der Waals surface area contributed by atoms with Crippen molar-refractivity contribution in [3.63, 3.8) is 0 Å². The number of hydrogen-bond acceptors (Lipinski definition) is 2. The number of benzene rings is 2. The fourth-order valence-electron chi connectivity index (χ4n) is 2.64. The minimum absolute atomic E-state index is 0.170. The highest BCUT2D eigenvalue weighted by atomic mass is 32.2. The van der Waals surface area contributed by atoms with Crippen LogP contribution in [0.2, 0.25) is 0 Å². The largest absolute Gasteiger partial charge is 0.216 e. The average Bonchev–Trinajstić information content (AvgIpc) is 2.44. The molecule has 0 spiro atoms. The van der Waals surface area contributed by atoms with Crippen LogP contribution in [-0.2, 0) is 15.8 Å². The van der Waals surface area contributed by atoms with E-state index < -0.39 is 15.8 Å². The minimum atomic E-state index is -3.63. The van der Waals surface area contributed by atoms with Crippen LogP contribution in [0.25, 0.3) is 0 Å². The second-order valence-corrected chi connectivity index (χ2v) is 7.74. The van der Waals surface area contributed by atoms with Gasteiger partial charge in [0.15, 0.2) is 0 Å². The molecule has 3 nitrogen and oxygen atoms in total. The van der Waals surface area contributed by atoms with Crippen molar-refractivity contribution < 1.29 is 12.8 Å². The zero-order valence-electron chi connectivity index (χ0n) is 13.9. The standard InChI is InChI=1S/C18H22FNO2S/c1-12-9-14(3)17(10-13(12)2)15(4)20-23(21,22)11-16-7-5-6-8-18(16)19/h5-10,15,20H,11H2,1-4H3/t15-/m1/s1. The zero-order valence-corrected chi connectivity index (χ0v) is 14.7. The molecule has 0 saturated heterocycles. The van der Waals surface area contributed by atoms with Gasteiger partial charge in [-0.15, -0.1) is 0 Å². The zero-order chi connectivity index (χ0) is 17.2. The Morgan fingerprint density at radius 1 is 1.04 bits per heavy atom. The number of hydrogen-bond donors (Lipinski definition) is 1. The molecule has 0 heterocycles. The molecule has 0 fully saturated rings. The van der Waals surface area contributed by atoms with E-state index in [0.29, 0.717) is 0 Å². The van der Waals surface area contributed by atoms with Crippen LogP contribution in [0.5, 0.6) is 0 Å². The van der Waals surface area contributed by atoms with Gasteiger partial charge in [-0.3, -0.25) is 0 Å². The summed E-state index contributed by atoms with van der Waals surface area (Å²) in [5, 5.41) is 0. The van der Waals surface area contributed by atoms with Crippen LogP contribution in [0.15, 0.2) is 36.4 Å². The van der Waals surface area contributed by atoms with E-state index in [1.807, 2.05) is 32.9 Å². The lowest BCUT2D eigenvalue weighted by molar-refractivity contribution is 0.561. The predicted octanol–water partition coefficient (Wildman–Crippen LogP) is 3.93. The first-order valence-corrected chi connectivity index (χ1v) is 9.16. The van der Waals surface area contributed by atoms with Gasteiger partial charge in [-0.1, -0.05) is 30.3 Å². The van der Waals surface area contributed by atoms with Gasteiger partial charge in [-0.2, -0.15) is 0 Å². The van der Waals surface area contributed by atoms with E-state index in [-0.39, 0.29) is 17.4 Å². The third-order valence-corrected chi connectivity index (χ3v) is 5.41. The van der Waals surface area contributed by atoms with Crippen molar-refractivity contribution in [3.05, 3.63) is 70.0 Å². The van der Waals surface area contributed by atoms with Crippen LogP contribution in [0, 0.1) is 26.6 Å². The van der Waals surface area contributed by atoms with Crippen LogP contribution in [0.4, 0.5) is 4.39 Å². The summed E-state index contributed by atoms with van der Waals surface area (Å²) in [6.07, 6.45) is 0. The fourth-order valence-corrected chi connectivity index (χ4v) is 4.04. The molecular formula is C18H22FNO2S. The van der Waals surface area contributed by atoms with Crippen molar-refractivity contribution in [1.29, 1.82) is 0 Å². The first-order valence-electron chi connectivity index (χ1n) is 7.51. The summed E-state index contributed by atoms with van der Waals surface area (Å²) in [7, 11) is -3.63. The van der Waals surface area contributed by atoms with E-state index in [2.05, 4.69) is 4.72 Å². The summed E-state index contributed by atoms with van der Waals surface area (Å²) >= 11 is 0. The van der Waals surface area contributed by atoms with Gasteiger partial charge >= 0.3 is 0 Å². The van der Waals surface area contributed by atoms with Gasteiger partial charge in [0.1, 0.15) is 5.82 Å². The highest BCUT2D eigenvalue weighted by Gasteiger charge is 2.19. The minimum Gasteiger partial charge on any atom is -0.212 e. The SMILES string of the molecule is Cc1cc(C)c([C@@H](C)NS(=O)(=O)Cc2ccccc2F)cc1C. The predicted molar refractivity (Wildman–Crippen MR) is 91.2 cm³/mol. The first kappa shape index (κ1) is 17.6. The number of aryl methyl sites for hydroxylation is 3. The molecule has 1 atom stereocenters. The van der Waals surface area contributed by atoms with E-state index in [1.165, 1.54) is 17.7 Å². The number of sulfonamides is 1. The van der Waals surface area contributed by atoms with Crippen molar-refractivity contribution in [2.45, 2.75) is 39.5 Å². The van der Waals surface area contributed by atoms with Crippen molar-refractivity contribution in [2.24, 2.45) is 0 Å². The molecule has 0 bridgehead atoms. The number of rotatable bonds is 5. The Labute approximate surface area is 137 Å². The molecule has 1 N–H and O–H groups in total. The Bertz CT molecular complexity index is 816. The van der Waals surface area contributed by atoms with E-state index in [4.69, 9.17) is 0 Å². The van der Waals surface area contributed by atoms with E-state index in [9.17, 15) is 12.8 Å². The lowest BCUT2D eigenvalue weighted by atomic mass is 9.97. The normalized spacial score (nSPS) is 13.1. The summed E-state index contributed by atoms with van der Waals surface area (Å²) in [5.74, 6) is -0.874. The maximum absolute atomic E-state index is 13.6. The molecule has 2 aromatic rings. The van der Waals surface area contributed by atoms with Gasteiger partial charge < -0.3 is 0 Å². The molecule has 0 aliphatic carbocycles. The van der Waals surface area contributed by atoms with Gasteiger partial charge in [0.25, 0.3) is 0 Å². The highest BCUT2D eigenvalue weighted by molar-refractivity contribution is 7.88. The number of halogens is 1. The summed E-state index contributed by atoms with van der Waals surface area (Å²) in [4.78, 5) is 0. The molecule has 124 valence electrons. The van der Waals surface area contributed by atoms with E-state index >= 15 is 0 Å². The maximum Gasteiger partial charge on any atom is 0.216 e. The van der Waals surface area contributed by atoms with Crippen LogP contribution in [0.1, 0.15) is 40.8 Å². The van der Waals surface area contributed by atoms with Crippen LogP contribution >= 0.6 is 0 Å². The van der Waals surface area contributed by atoms with Gasteiger partial charge in [-0.25, -0.2) is 17.5 Å². The van der Waals surface area contributed by atoms with Crippen molar-refractivity contribution >= 4 is 10.0 Å². The van der Waals surface area contributed by atoms with Crippen LogP contribution in [0.3, 0.4) is 0 Å². The molecule has 0 saturated carbocycles. The molecule has 0 aromatic heterocycles. The van der Waals surface area contributed by atoms with Gasteiger partial charge in [-0.05, 0) is 56.0 Å². The molecular weight excluding hydrogens is 313 g/mol.